The Morgan fingerprint density at radius 1 is 1.39 bits per heavy atom. The maximum Gasteiger partial charge on any atom is 0.341 e. The zero-order valence-corrected chi connectivity index (χ0v) is 12.9. The van der Waals surface area contributed by atoms with Crippen LogP contribution in [0.3, 0.4) is 0 Å². The SMILES string of the molecule is CC(C)n1cnnc1CNC(=O)c1cccc(OCC(=O)O)c1. The highest BCUT2D eigenvalue weighted by Gasteiger charge is 2.11. The Labute approximate surface area is 133 Å². The number of hydrogen-bond donors (Lipinski definition) is 2. The highest BCUT2D eigenvalue weighted by molar-refractivity contribution is 5.94. The molecule has 0 aliphatic rings. The Morgan fingerprint density at radius 3 is 2.87 bits per heavy atom. The fraction of sp³-hybridized carbons (Fsp3) is 0.333. The first-order valence-corrected chi connectivity index (χ1v) is 7.08. The van der Waals surface area contributed by atoms with Crippen molar-refractivity contribution < 1.29 is 19.4 Å². The monoisotopic (exact) mass is 318 g/mol. The summed E-state index contributed by atoms with van der Waals surface area (Å²) >= 11 is 0. The number of nitrogens with zero attached hydrogens (tertiary/aromatic N) is 3. The van der Waals surface area contributed by atoms with E-state index < -0.39 is 12.6 Å². The second kappa shape index (κ2) is 7.39. The quantitative estimate of drug-likeness (QED) is 0.796. The third-order valence-corrected chi connectivity index (χ3v) is 3.07. The molecule has 0 atom stereocenters. The zero-order chi connectivity index (χ0) is 16.8. The van der Waals surface area contributed by atoms with Gasteiger partial charge in [0.25, 0.3) is 5.91 Å². The molecule has 8 nitrogen and oxygen atoms in total. The lowest BCUT2D eigenvalue weighted by molar-refractivity contribution is -0.139. The van der Waals surface area contributed by atoms with E-state index in [4.69, 9.17) is 9.84 Å². The lowest BCUT2D eigenvalue weighted by atomic mass is 10.2. The number of aromatic nitrogens is 3. The van der Waals surface area contributed by atoms with Crippen molar-refractivity contribution in [2.45, 2.75) is 26.4 Å². The van der Waals surface area contributed by atoms with E-state index in [2.05, 4.69) is 15.5 Å². The predicted molar refractivity (Wildman–Crippen MR) is 81.2 cm³/mol. The number of carboxylic acids is 1. The molecule has 1 heterocycles. The van der Waals surface area contributed by atoms with Gasteiger partial charge in [-0.3, -0.25) is 4.79 Å². The van der Waals surface area contributed by atoms with Crippen molar-refractivity contribution in [3.8, 4) is 5.75 Å². The number of aliphatic carboxylic acids is 1. The van der Waals surface area contributed by atoms with E-state index in [1.807, 2.05) is 18.4 Å². The molecule has 122 valence electrons. The minimum atomic E-state index is -1.08. The van der Waals surface area contributed by atoms with Crippen LogP contribution < -0.4 is 10.1 Å². The van der Waals surface area contributed by atoms with Gasteiger partial charge in [0, 0.05) is 11.6 Å². The molecule has 1 aromatic heterocycles. The van der Waals surface area contributed by atoms with Crippen molar-refractivity contribution in [3.05, 3.63) is 42.0 Å². The predicted octanol–water partition coefficient (Wildman–Crippen LogP) is 1.25. The lowest BCUT2D eigenvalue weighted by Crippen LogP contribution is -2.25. The van der Waals surface area contributed by atoms with Gasteiger partial charge in [-0.05, 0) is 32.0 Å². The van der Waals surface area contributed by atoms with Crippen LogP contribution in [0.4, 0.5) is 0 Å². The van der Waals surface area contributed by atoms with Crippen molar-refractivity contribution in [2.24, 2.45) is 0 Å². The van der Waals surface area contributed by atoms with E-state index in [1.54, 1.807) is 24.5 Å². The molecule has 2 aromatic rings. The van der Waals surface area contributed by atoms with E-state index >= 15 is 0 Å². The fourth-order valence-electron chi connectivity index (χ4n) is 1.96. The molecule has 1 aromatic carbocycles. The Morgan fingerprint density at radius 2 is 2.17 bits per heavy atom. The molecule has 0 bridgehead atoms. The lowest BCUT2D eigenvalue weighted by Gasteiger charge is -2.11. The van der Waals surface area contributed by atoms with Crippen LogP contribution in [-0.4, -0.2) is 38.4 Å². The summed E-state index contributed by atoms with van der Waals surface area (Å²) in [5.74, 6) is -0.394. The maximum atomic E-state index is 12.2. The third kappa shape index (κ3) is 4.53. The summed E-state index contributed by atoms with van der Waals surface area (Å²) < 4.78 is 6.92. The van der Waals surface area contributed by atoms with Gasteiger partial charge in [-0.15, -0.1) is 10.2 Å². The van der Waals surface area contributed by atoms with Crippen LogP contribution in [0.2, 0.25) is 0 Å². The number of carbonyl (C=O) groups is 2. The molecule has 2 N–H and O–H groups in total. The van der Waals surface area contributed by atoms with Gasteiger partial charge in [0.15, 0.2) is 12.4 Å². The highest BCUT2D eigenvalue weighted by atomic mass is 16.5. The molecule has 0 spiro atoms. The molecule has 8 heteroatoms. The number of carbonyl (C=O) groups excluding carboxylic acids is 1. The minimum Gasteiger partial charge on any atom is -0.482 e. The molecule has 23 heavy (non-hydrogen) atoms. The van der Waals surface area contributed by atoms with Gasteiger partial charge in [-0.2, -0.15) is 0 Å². The number of amides is 1. The number of ether oxygens (including phenoxy) is 1. The van der Waals surface area contributed by atoms with Gasteiger partial charge in [-0.1, -0.05) is 6.07 Å². The first kappa shape index (κ1) is 16.5. The molecule has 0 saturated heterocycles. The van der Waals surface area contributed by atoms with Crippen molar-refractivity contribution in [2.75, 3.05) is 6.61 Å². The minimum absolute atomic E-state index is 0.199. The molecule has 0 aliphatic heterocycles. The Kier molecular flexibility index (Phi) is 5.29. The van der Waals surface area contributed by atoms with E-state index in [0.29, 0.717) is 17.1 Å². The average molecular weight is 318 g/mol. The van der Waals surface area contributed by atoms with E-state index in [-0.39, 0.29) is 18.5 Å². The number of nitrogens with one attached hydrogen (secondary N) is 1. The van der Waals surface area contributed by atoms with Crippen LogP contribution in [0, 0.1) is 0 Å². The molecule has 2 rings (SSSR count). The fourth-order valence-corrected chi connectivity index (χ4v) is 1.96. The highest BCUT2D eigenvalue weighted by Crippen LogP contribution is 2.13. The zero-order valence-electron chi connectivity index (χ0n) is 12.9. The molecule has 0 radical (unpaired) electrons. The van der Waals surface area contributed by atoms with Crippen LogP contribution in [-0.2, 0) is 11.3 Å². The first-order chi connectivity index (χ1) is 11.0. The average Bonchev–Trinajstić information content (AvgIpc) is 2.99. The molecular formula is C15H18N4O4. The van der Waals surface area contributed by atoms with Crippen molar-refractivity contribution in [3.63, 3.8) is 0 Å². The largest absolute Gasteiger partial charge is 0.482 e. The molecule has 1 amide bonds. The number of rotatable bonds is 7. The normalized spacial score (nSPS) is 10.6. The van der Waals surface area contributed by atoms with Gasteiger partial charge < -0.3 is 19.7 Å². The van der Waals surface area contributed by atoms with Crippen LogP contribution >= 0.6 is 0 Å². The van der Waals surface area contributed by atoms with Gasteiger partial charge in [-0.25, -0.2) is 4.79 Å². The van der Waals surface area contributed by atoms with Crippen LogP contribution in [0.15, 0.2) is 30.6 Å². The van der Waals surface area contributed by atoms with E-state index in [1.165, 1.54) is 6.07 Å². The maximum absolute atomic E-state index is 12.2. The van der Waals surface area contributed by atoms with Crippen LogP contribution in [0.25, 0.3) is 0 Å². The van der Waals surface area contributed by atoms with Gasteiger partial charge in [0.05, 0.1) is 6.54 Å². The number of hydrogen-bond acceptors (Lipinski definition) is 5. The Bertz CT molecular complexity index is 696. The van der Waals surface area contributed by atoms with Crippen molar-refractivity contribution >= 4 is 11.9 Å². The van der Waals surface area contributed by atoms with Crippen molar-refractivity contribution in [1.82, 2.24) is 20.1 Å². The summed E-state index contributed by atoms with van der Waals surface area (Å²) in [6.07, 6.45) is 1.62. The summed E-state index contributed by atoms with van der Waals surface area (Å²) in [6, 6.07) is 6.53. The van der Waals surface area contributed by atoms with Crippen molar-refractivity contribution in [1.29, 1.82) is 0 Å². The first-order valence-electron chi connectivity index (χ1n) is 7.08. The molecule has 0 unspecified atom stereocenters. The topological polar surface area (TPSA) is 106 Å². The summed E-state index contributed by atoms with van der Waals surface area (Å²) in [6.45, 7) is 3.79. The summed E-state index contributed by atoms with van der Waals surface area (Å²) in [4.78, 5) is 22.7. The summed E-state index contributed by atoms with van der Waals surface area (Å²) in [7, 11) is 0. The van der Waals surface area contributed by atoms with E-state index in [0.717, 1.165) is 0 Å². The Hall–Kier alpha value is -2.90. The molecule has 0 saturated carbocycles. The van der Waals surface area contributed by atoms with Gasteiger partial charge in [0.1, 0.15) is 12.1 Å². The molecular weight excluding hydrogens is 300 g/mol. The second-order valence-electron chi connectivity index (χ2n) is 5.14. The number of carboxylic acid groups (broad SMARTS) is 1. The third-order valence-electron chi connectivity index (χ3n) is 3.07. The van der Waals surface area contributed by atoms with Crippen LogP contribution in [0.1, 0.15) is 36.1 Å². The standard InChI is InChI=1S/C15H18N4O4/c1-10(2)19-9-17-18-13(19)7-16-15(22)11-4-3-5-12(6-11)23-8-14(20)21/h3-6,9-10H,7-8H2,1-2H3,(H,16,22)(H,20,21). The van der Waals surface area contributed by atoms with Crippen LogP contribution in [0.5, 0.6) is 5.75 Å². The molecule has 0 fully saturated rings. The van der Waals surface area contributed by atoms with Gasteiger partial charge in [0.2, 0.25) is 0 Å². The Balaban J connectivity index is 1.99. The van der Waals surface area contributed by atoms with Gasteiger partial charge >= 0.3 is 5.97 Å². The molecule has 0 aliphatic carbocycles. The summed E-state index contributed by atoms with van der Waals surface area (Å²) in [5.41, 5.74) is 0.378. The number of benzene rings is 1. The second-order valence-corrected chi connectivity index (χ2v) is 5.14. The smallest absolute Gasteiger partial charge is 0.341 e. The van der Waals surface area contributed by atoms with E-state index in [9.17, 15) is 9.59 Å². The summed E-state index contributed by atoms with van der Waals surface area (Å²) in [5, 5.41) is 19.2.